The third kappa shape index (κ3) is 1.89. The van der Waals surface area contributed by atoms with E-state index >= 15 is 0 Å². The molecule has 1 aliphatic heterocycles. The average Bonchev–Trinajstić information content (AvgIpc) is 3.11. The van der Waals surface area contributed by atoms with E-state index < -0.39 is 0 Å². The van der Waals surface area contributed by atoms with E-state index in [1.54, 1.807) is 18.4 Å². The van der Waals surface area contributed by atoms with Crippen molar-refractivity contribution in [2.45, 2.75) is 19.9 Å². The first-order chi connectivity index (χ1) is 9.59. The summed E-state index contributed by atoms with van der Waals surface area (Å²) in [6.45, 7) is 3.97. The van der Waals surface area contributed by atoms with Crippen LogP contribution in [0.1, 0.15) is 19.0 Å². The lowest BCUT2D eigenvalue weighted by molar-refractivity contribution is -0.128. The van der Waals surface area contributed by atoms with Gasteiger partial charge in [0, 0.05) is 38.3 Å². The van der Waals surface area contributed by atoms with Crippen molar-refractivity contribution < 1.29 is 4.79 Å². The molecular formula is C13H19N5OS. The van der Waals surface area contributed by atoms with Crippen LogP contribution >= 0.6 is 11.3 Å². The van der Waals surface area contributed by atoms with Gasteiger partial charge in [-0.3, -0.25) is 9.20 Å². The van der Waals surface area contributed by atoms with Crippen molar-refractivity contribution in [2.24, 2.45) is 11.1 Å². The van der Waals surface area contributed by atoms with Crippen LogP contribution in [0.3, 0.4) is 0 Å². The van der Waals surface area contributed by atoms with Crippen LogP contribution in [0.15, 0.2) is 11.6 Å². The van der Waals surface area contributed by atoms with Crippen molar-refractivity contribution >= 4 is 28.0 Å². The number of hydrogen-bond acceptors (Lipinski definition) is 5. The molecule has 3 N–H and O–H groups in total. The topological polar surface area (TPSA) is 75.7 Å². The molecule has 6 nitrogen and oxygen atoms in total. The summed E-state index contributed by atoms with van der Waals surface area (Å²) in [6.07, 6.45) is 2.83. The summed E-state index contributed by atoms with van der Waals surface area (Å²) in [5, 5.41) is 4.76. The van der Waals surface area contributed by atoms with Crippen molar-refractivity contribution in [2.75, 3.05) is 25.0 Å². The second-order valence-corrected chi connectivity index (χ2v) is 6.33. The summed E-state index contributed by atoms with van der Waals surface area (Å²) < 4.78 is 2.04. The fraction of sp³-hybridized carbons (Fsp3) is 0.538. The highest BCUT2D eigenvalue weighted by Crippen LogP contribution is 2.35. The Kier molecular flexibility index (Phi) is 3.18. The Morgan fingerprint density at radius 3 is 3.15 bits per heavy atom. The smallest absolute Gasteiger partial charge is 0.227 e. The highest BCUT2D eigenvalue weighted by molar-refractivity contribution is 7.15. The molecule has 2 aromatic rings. The average molecular weight is 293 g/mol. The Hall–Kier alpha value is -1.60. The van der Waals surface area contributed by atoms with Crippen LogP contribution < -0.4 is 16.0 Å². The molecule has 0 radical (unpaired) electrons. The molecule has 0 aliphatic carbocycles. The molecule has 0 saturated carbocycles. The van der Waals surface area contributed by atoms with E-state index in [0.29, 0.717) is 13.1 Å². The van der Waals surface area contributed by atoms with E-state index in [0.717, 1.165) is 29.4 Å². The Bertz CT molecular complexity index is 648. The van der Waals surface area contributed by atoms with Gasteiger partial charge in [-0.05, 0) is 13.3 Å². The monoisotopic (exact) mass is 293 g/mol. The molecule has 108 valence electrons. The standard InChI is InChI=1S/C13H19N5OS/c1-13(11(19)15-2)3-4-17(8-13)10-9(7-14)18-5-6-20-12(18)16-10/h5-6H,3-4,7-8,14H2,1-2H3,(H,15,19). The minimum atomic E-state index is -0.350. The van der Waals surface area contributed by atoms with Crippen molar-refractivity contribution in [3.63, 3.8) is 0 Å². The van der Waals surface area contributed by atoms with Crippen LogP contribution in [0.2, 0.25) is 0 Å². The molecule has 1 amide bonds. The number of rotatable bonds is 3. The number of nitrogens with two attached hydrogens (primary N) is 1. The molecule has 3 heterocycles. The number of nitrogens with one attached hydrogen (secondary N) is 1. The maximum Gasteiger partial charge on any atom is 0.227 e. The number of hydrogen-bond donors (Lipinski definition) is 2. The number of amides is 1. The Balaban J connectivity index is 1.93. The maximum absolute atomic E-state index is 12.0. The van der Waals surface area contributed by atoms with E-state index in [2.05, 4.69) is 15.2 Å². The second-order valence-electron chi connectivity index (χ2n) is 5.45. The van der Waals surface area contributed by atoms with E-state index in [1.807, 2.05) is 22.9 Å². The third-order valence-electron chi connectivity index (χ3n) is 4.08. The minimum absolute atomic E-state index is 0.0929. The first-order valence-corrected chi connectivity index (χ1v) is 7.58. The normalized spacial score (nSPS) is 22.6. The predicted molar refractivity (Wildman–Crippen MR) is 80.0 cm³/mol. The first-order valence-electron chi connectivity index (χ1n) is 6.70. The zero-order valence-electron chi connectivity index (χ0n) is 11.7. The molecule has 3 rings (SSSR count). The van der Waals surface area contributed by atoms with Crippen molar-refractivity contribution in [1.29, 1.82) is 0 Å². The molecule has 1 aliphatic rings. The van der Waals surface area contributed by atoms with Crippen molar-refractivity contribution in [1.82, 2.24) is 14.7 Å². The molecule has 2 aromatic heterocycles. The minimum Gasteiger partial charge on any atom is -0.359 e. The van der Waals surface area contributed by atoms with E-state index in [-0.39, 0.29) is 11.3 Å². The van der Waals surface area contributed by atoms with Crippen LogP contribution in [-0.2, 0) is 11.3 Å². The van der Waals surface area contributed by atoms with Gasteiger partial charge in [0.2, 0.25) is 5.91 Å². The van der Waals surface area contributed by atoms with Gasteiger partial charge in [0.25, 0.3) is 0 Å². The summed E-state index contributed by atoms with van der Waals surface area (Å²) in [6, 6.07) is 0. The van der Waals surface area contributed by atoms with Gasteiger partial charge >= 0.3 is 0 Å². The number of imidazole rings is 1. The number of aromatic nitrogens is 2. The molecule has 1 atom stereocenters. The number of fused-ring (bicyclic) bond motifs is 1. The van der Waals surface area contributed by atoms with Crippen molar-refractivity contribution in [3.8, 4) is 0 Å². The highest BCUT2D eigenvalue weighted by Gasteiger charge is 2.41. The number of thiazole rings is 1. The van der Waals surface area contributed by atoms with Crippen LogP contribution in [0.25, 0.3) is 4.96 Å². The van der Waals surface area contributed by atoms with Gasteiger partial charge < -0.3 is 16.0 Å². The van der Waals surface area contributed by atoms with Gasteiger partial charge in [-0.15, -0.1) is 11.3 Å². The molecule has 1 fully saturated rings. The SMILES string of the molecule is CNC(=O)C1(C)CCN(c2nc3sccn3c2CN)C1. The lowest BCUT2D eigenvalue weighted by Crippen LogP contribution is -2.39. The van der Waals surface area contributed by atoms with Gasteiger partial charge in [-0.25, -0.2) is 4.98 Å². The highest BCUT2D eigenvalue weighted by atomic mass is 32.1. The lowest BCUT2D eigenvalue weighted by atomic mass is 9.89. The summed E-state index contributed by atoms with van der Waals surface area (Å²) in [4.78, 5) is 19.8. The lowest BCUT2D eigenvalue weighted by Gasteiger charge is -2.23. The zero-order valence-corrected chi connectivity index (χ0v) is 12.5. The van der Waals surface area contributed by atoms with Gasteiger partial charge in [0.15, 0.2) is 10.8 Å². The van der Waals surface area contributed by atoms with E-state index in [9.17, 15) is 4.79 Å². The number of anilines is 1. The second kappa shape index (κ2) is 4.75. The summed E-state index contributed by atoms with van der Waals surface area (Å²) in [7, 11) is 1.69. The molecule has 0 bridgehead atoms. The largest absolute Gasteiger partial charge is 0.359 e. The van der Waals surface area contributed by atoms with Crippen molar-refractivity contribution in [3.05, 3.63) is 17.3 Å². The zero-order chi connectivity index (χ0) is 14.3. The summed E-state index contributed by atoms with van der Waals surface area (Å²) in [5.41, 5.74) is 6.55. The molecule has 0 spiro atoms. The number of nitrogens with zero attached hydrogens (tertiary/aromatic N) is 3. The van der Waals surface area contributed by atoms with Gasteiger partial charge in [-0.2, -0.15) is 0 Å². The van der Waals surface area contributed by atoms with Gasteiger partial charge in [-0.1, -0.05) is 0 Å². The van der Waals surface area contributed by atoms with Crippen LogP contribution in [0.5, 0.6) is 0 Å². The fourth-order valence-electron chi connectivity index (χ4n) is 2.89. The Labute approximate surface area is 121 Å². The van der Waals surface area contributed by atoms with Crippen LogP contribution in [0, 0.1) is 5.41 Å². The Morgan fingerprint density at radius 2 is 2.45 bits per heavy atom. The van der Waals surface area contributed by atoms with E-state index in [1.165, 1.54) is 0 Å². The molecule has 1 saturated heterocycles. The van der Waals surface area contributed by atoms with Gasteiger partial charge in [0.05, 0.1) is 11.1 Å². The predicted octanol–water partition coefficient (Wildman–Crippen LogP) is 0.817. The maximum atomic E-state index is 12.0. The summed E-state index contributed by atoms with van der Waals surface area (Å²) in [5.74, 6) is 1.02. The summed E-state index contributed by atoms with van der Waals surface area (Å²) >= 11 is 1.60. The molecule has 0 aromatic carbocycles. The molecule has 20 heavy (non-hydrogen) atoms. The number of carbonyl (C=O) groups is 1. The molecule has 1 unspecified atom stereocenters. The van der Waals surface area contributed by atoms with E-state index in [4.69, 9.17) is 5.73 Å². The fourth-order valence-corrected chi connectivity index (χ4v) is 3.62. The van der Waals surface area contributed by atoms with Gasteiger partial charge in [0.1, 0.15) is 0 Å². The number of carbonyl (C=O) groups excluding carboxylic acids is 1. The Morgan fingerprint density at radius 1 is 1.65 bits per heavy atom. The molecule has 7 heteroatoms. The van der Waals surface area contributed by atoms with Crippen LogP contribution in [0.4, 0.5) is 5.82 Å². The first kappa shape index (κ1) is 13.4. The molecular weight excluding hydrogens is 274 g/mol. The quantitative estimate of drug-likeness (QED) is 0.878. The third-order valence-corrected chi connectivity index (χ3v) is 4.84. The van der Waals surface area contributed by atoms with Crippen LogP contribution in [-0.4, -0.2) is 35.4 Å².